The molecule has 0 fully saturated rings. The van der Waals surface area contributed by atoms with Gasteiger partial charge in [-0.05, 0) is 36.6 Å². The third-order valence-corrected chi connectivity index (χ3v) is 3.77. The molecule has 1 aromatic heterocycles. The highest BCUT2D eigenvalue weighted by Crippen LogP contribution is 2.23. The number of hydrogen-bond acceptors (Lipinski definition) is 2. The first-order valence-corrected chi connectivity index (χ1v) is 6.97. The highest BCUT2D eigenvalue weighted by atomic mass is 79.9. The zero-order valence-electron chi connectivity index (χ0n) is 11.6. The second-order valence-corrected chi connectivity index (χ2v) is 5.94. The summed E-state index contributed by atoms with van der Waals surface area (Å²) in [7, 11) is 1.87. The third-order valence-electron chi connectivity index (χ3n) is 3.28. The van der Waals surface area contributed by atoms with Gasteiger partial charge in [-0.1, -0.05) is 29.8 Å². The van der Waals surface area contributed by atoms with E-state index < -0.39 is 0 Å². The number of rotatable bonds is 2. The normalized spacial score (nSPS) is 11.3. The van der Waals surface area contributed by atoms with E-state index in [-0.39, 0.29) is 11.5 Å². The fourth-order valence-corrected chi connectivity index (χ4v) is 2.93. The van der Waals surface area contributed by atoms with Gasteiger partial charge in [0.2, 0.25) is 0 Å². The molecule has 1 aromatic carbocycles. The quantitative estimate of drug-likeness (QED) is 0.923. The highest BCUT2D eigenvalue weighted by molar-refractivity contribution is 9.10. The van der Waals surface area contributed by atoms with Crippen molar-refractivity contribution in [3.8, 4) is 5.69 Å². The van der Waals surface area contributed by atoms with Crippen LogP contribution < -0.4 is 11.3 Å². The van der Waals surface area contributed by atoms with Crippen LogP contribution in [0, 0.1) is 6.92 Å². The SMILES string of the molecule is Cc1cc(Br)ccc1-n1c(=O)c(N)c(C(C)C)n1C. The number of aromatic nitrogens is 2. The molecule has 0 amide bonds. The van der Waals surface area contributed by atoms with Gasteiger partial charge in [-0.3, -0.25) is 9.48 Å². The van der Waals surface area contributed by atoms with Gasteiger partial charge in [-0.2, -0.15) is 0 Å². The molecule has 2 aromatic rings. The second kappa shape index (κ2) is 4.89. The molecule has 0 aliphatic carbocycles. The Balaban J connectivity index is 2.77. The smallest absolute Gasteiger partial charge is 0.294 e. The summed E-state index contributed by atoms with van der Waals surface area (Å²) < 4.78 is 4.47. The van der Waals surface area contributed by atoms with E-state index in [1.807, 2.05) is 50.7 Å². The Morgan fingerprint density at radius 3 is 2.42 bits per heavy atom. The Labute approximate surface area is 120 Å². The van der Waals surface area contributed by atoms with Crippen molar-refractivity contribution in [1.82, 2.24) is 9.36 Å². The van der Waals surface area contributed by atoms with Gasteiger partial charge >= 0.3 is 0 Å². The van der Waals surface area contributed by atoms with Crippen molar-refractivity contribution in [2.45, 2.75) is 26.7 Å². The van der Waals surface area contributed by atoms with Crippen LogP contribution in [0.25, 0.3) is 5.69 Å². The van der Waals surface area contributed by atoms with Gasteiger partial charge < -0.3 is 5.73 Å². The van der Waals surface area contributed by atoms with Crippen molar-refractivity contribution >= 4 is 21.6 Å². The summed E-state index contributed by atoms with van der Waals surface area (Å²) >= 11 is 3.43. The van der Waals surface area contributed by atoms with Crippen LogP contribution in [0.2, 0.25) is 0 Å². The van der Waals surface area contributed by atoms with Crippen LogP contribution in [0.15, 0.2) is 27.5 Å². The van der Waals surface area contributed by atoms with Crippen molar-refractivity contribution in [1.29, 1.82) is 0 Å². The average molecular weight is 324 g/mol. The summed E-state index contributed by atoms with van der Waals surface area (Å²) in [4.78, 5) is 12.4. The number of nitrogens with two attached hydrogens (primary N) is 1. The fraction of sp³-hybridized carbons (Fsp3) is 0.357. The molecular weight excluding hydrogens is 306 g/mol. The number of hydrogen-bond donors (Lipinski definition) is 1. The molecule has 4 nitrogen and oxygen atoms in total. The molecule has 0 radical (unpaired) electrons. The Morgan fingerprint density at radius 2 is 1.95 bits per heavy atom. The van der Waals surface area contributed by atoms with Gasteiger partial charge in [0, 0.05) is 11.5 Å². The van der Waals surface area contributed by atoms with E-state index in [4.69, 9.17) is 5.73 Å². The van der Waals surface area contributed by atoms with Crippen LogP contribution in [0.1, 0.15) is 31.0 Å². The molecule has 0 saturated heterocycles. The monoisotopic (exact) mass is 323 g/mol. The van der Waals surface area contributed by atoms with E-state index in [1.54, 1.807) is 4.68 Å². The summed E-state index contributed by atoms with van der Waals surface area (Å²) in [6, 6.07) is 5.83. The van der Waals surface area contributed by atoms with E-state index in [0.29, 0.717) is 5.69 Å². The largest absolute Gasteiger partial charge is 0.393 e. The Morgan fingerprint density at radius 1 is 1.32 bits per heavy atom. The van der Waals surface area contributed by atoms with Gasteiger partial charge in [-0.25, -0.2) is 4.68 Å². The lowest BCUT2D eigenvalue weighted by Crippen LogP contribution is -2.21. The lowest BCUT2D eigenvalue weighted by atomic mass is 10.1. The number of anilines is 1. The van der Waals surface area contributed by atoms with E-state index in [2.05, 4.69) is 15.9 Å². The predicted molar refractivity (Wildman–Crippen MR) is 81.9 cm³/mol. The fourth-order valence-electron chi connectivity index (χ4n) is 2.45. The molecule has 2 N–H and O–H groups in total. The minimum Gasteiger partial charge on any atom is -0.393 e. The molecule has 0 unspecified atom stereocenters. The number of benzene rings is 1. The first-order valence-electron chi connectivity index (χ1n) is 6.18. The summed E-state index contributed by atoms with van der Waals surface area (Å²) in [5.74, 6) is 0.203. The van der Waals surface area contributed by atoms with Gasteiger partial charge in [0.05, 0.1) is 11.4 Å². The molecule has 0 saturated carbocycles. The van der Waals surface area contributed by atoms with Gasteiger partial charge in [0.15, 0.2) is 0 Å². The maximum absolute atomic E-state index is 12.4. The Hall–Kier alpha value is -1.49. The zero-order chi connectivity index (χ0) is 14.3. The maximum Gasteiger partial charge on any atom is 0.294 e. The van der Waals surface area contributed by atoms with Crippen LogP contribution in [-0.2, 0) is 7.05 Å². The van der Waals surface area contributed by atoms with E-state index in [9.17, 15) is 4.79 Å². The van der Waals surface area contributed by atoms with Crippen LogP contribution in [0.5, 0.6) is 0 Å². The van der Waals surface area contributed by atoms with Crippen molar-refractivity contribution < 1.29 is 0 Å². The van der Waals surface area contributed by atoms with Crippen molar-refractivity contribution in [3.05, 3.63) is 44.3 Å². The lowest BCUT2D eigenvalue weighted by molar-refractivity contribution is 0.593. The summed E-state index contributed by atoms with van der Waals surface area (Å²) in [6.07, 6.45) is 0. The standard InChI is InChI=1S/C14H18BrN3O/c1-8(2)13-12(16)14(19)18(17(13)4)11-6-5-10(15)7-9(11)3/h5-8H,16H2,1-4H3. The molecule has 0 spiro atoms. The first-order chi connectivity index (χ1) is 8.84. The van der Waals surface area contributed by atoms with E-state index in [1.165, 1.54) is 0 Å². The summed E-state index contributed by atoms with van der Waals surface area (Å²) in [5.41, 5.74) is 8.88. The van der Waals surface area contributed by atoms with Crippen LogP contribution in [-0.4, -0.2) is 9.36 Å². The van der Waals surface area contributed by atoms with Gasteiger partial charge in [-0.15, -0.1) is 0 Å². The highest BCUT2D eigenvalue weighted by Gasteiger charge is 2.19. The third kappa shape index (κ3) is 2.23. The Bertz CT molecular complexity index is 683. The van der Waals surface area contributed by atoms with Crippen molar-refractivity contribution in [3.63, 3.8) is 0 Å². The Kier molecular flexibility index (Phi) is 3.58. The summed E-state index contributed by atoms with van der Waals surface area (Å²) in [6.45, 7) is 6.04. The number of nitrogens with zero attached hydrogens (tertiary/aromatic N) is 2. The average Bonchev–Trinajstić information content (AvgIpc) is 2.52. The predicted octanol–water partition coefficient (Wildman–Crippen LogP) is 2.95. The number of halogens is 1. The lowest BCUT2D eigenvalue weighted by Gasteiger charge is -2.13. The second-order valence-electron chi connectivity index (χ2n) is 5.02. The zero-order valence-corrected chi connectivity index (χ0v) is 13.2. The van der Waals surface area contributed by atoms with Crippen LogP contribution >= 0.6 is 15.9 Å². The van der Waals surface area contributed by atoms with Gasteiger partial charge in [0.25, 0.3) is 5.56 Å². The van der Waals surface area contributed by atoms with Crippen LogP contribution in [0.4, 0.5) is 5.69 Å². The maximum atomic E-state index is 12.4. The topological polar surface area (TPSA) is 52.9 Å². The molecule has 0 aliphatic rings. The molecule has 102 valence electrons. The first kappa shape index (κ1) is 13.9. The van der Waals surface area contributed by atoms with E-state index >= 15 is 0 Å². The van der Waals surface area contributed by atoms with Crippen LogP contribution in [0.3, 0.4) is 0 Å². The minimum absolute atomic E-state index is 0.156. The molecule has 0 aliphatic heterocycles. The molecular formula is C14H18BrN3O. The molecule has 1 heterocycles. The molecule has 5 heteroatoms. The summed E-state index contributed by atoms with van der Waals surface area (Å²) in [5, 5.41) is 0. The molecule has 0 bridgehead atoms. The van der Waals surface area contributed by atoms with Crippen molar-refractivity contribution in [2.24, 2.45) is 7.05 Å². The van der Waals surface area contributed by atoms with E-state index in [0.717, 1.165) is 21.4 Å². The molecule has 2 rings (SSSR count). The molecule has 19 heavy (non-hydrogen) atoms. The minimum atomic E-state index is -0.156. The van der Waals surface area contributed by atoms with Crippen molar-refractivity contribution in [2.75, 3.05) is 5.73 Å². The number of aryl methyl sites for hydroxylation is 1. The number of nitrogen functional groups attached to an aromatic ring is 1. The van der Waals surface area contributed by atoms with Gasteiger partial charge in [0.1, 0.15) is 5.69 Å². The molecule has 0 atom stereocenters.